The van der Waals surface area contributed by atoms with E-state index in [1.54, 1.807) is 18.2 Å². The number of carbonyl (C=O) groups excluding carboxylic acids is 2. The number of benzene rings is 2. The van der Waals surface area contributed by atoms with Crippen LogP contribution in [0.3, 0.4) is 0 Å². The highest BCUT2D eigenvalue weighted by Gasteiger charge is 2.30. The summed E-state index contributed by atoms with van der Waals surface area (Å²) < 4.78 is 38.1. The Morgan fingerprint density at radius 2 is 2.04 bits per heavy atom. The van der Waals surface area contributed by atoms with Crippen LogP contribution in [0.1, 0.15) is 5.56 Å². The van der Waals surface area contributed by atoms with E-state index in [1.165, 1.54) is 23.9 Å². The van der Waals surface area contributed by atoms with Gasteiger partial charge in [-0.1, -0.05) is 6.07 Å². The summed E-state index contributed by atoms with van der Waals surface area (Å²) in [6.07, 6.45) is -4.41. The number of hydrogen-bond acceptors (Lipinski definition) is 4. The van der Waals surface area contributed by atoms with Crippen LogP contribution < -0.4 is 10.6 Å². The molecular formula is C17H13F3N2O2S2. The van der Waals surface area contributed by atoms with E-state index >= 15 is 0 Å². The third kappa shape index (κ3) is 4.73. The molecule has 3 rings (SSSR count). The average Bonchev–Trinajstić information content (AvgIpc) is 2.59. The molecule has 0 spiro atoms. The van der Waals surface area contributed by atoms with Crippen molar-refractivity contribution in [3.63, 3.8) is 0 Å². The number of rotatable bonds is 4. The molecule has 0 atom stereocenters. The highest BCUT2D eigenvalue weighted by molar-refractivity contribution is 8.00. The van der Waals surface area contributed by atoms with Crippen molar-refractivity contribution in [2.24, 2.45) is 0 Å². The molecule has 0 radical (unpaired) electrons. The first kappa shape index (κ1) is 18.7. The number of carbonyl (C=O) groups is 2. The van der Waals surface area contributed by atoms with Gasteiger partial charge in [0, 0.05) is 15.5 Å². The molecule has 0 unspecified atom stereocenters. The van der Waals surface area contributed by atoms with E-state index in [0.29, 0.717) is 22.0 Å². The number of hydrogen-bond donors (Lipinski definition) is 2. The lowest BCUT2D eigenvalue weighted by Gasteiger charge is -2.17. The lowest BCUT2D eigenvalue weighted by Crippen LogP contribution is -2.19. The first-order valence-corrected chi connectivity index (χ1v) is 9.45. The van der Waals surface area contributed by atoms with Gasteiger partial charge in [0.2, 0.25) is 11.8 Å². The Morgan fingerprint density at radius 3 is 2.81 bits per heavy atom. The fourth-order valence-corrected chi connectivity index (χ4v) is 3.81. The number of nitrogens with one attached hydrogen (secondary N) is 2. The molecule has 2 aromatic carbocycles. The highest BCUT2D eigenvalue weighted by atomic mass is 32.2. The summed E-state index contributed by atoms with van der Waals surface area (Å²) in [5.74, 6) is -0.125. The first-order chi connectivity index (χ1) is 12.3. The second-order valence-corrected chi connectivity index (χ2v) is 7.48. The fourth-order valence-electron chi connectivity index (χ4n) is 2.27. The number of amides is 2. The minimum absolute atomic E-state index is 0.0283. The van der Waals surface area contributed by atoms with Crippen LogP contribution in [0.15, 0.2) is 52.3 Å². The van der Waals surface area contributed by atoms with Crippen molar-refractivity contribution in [3.05, 3.63) is 48.0 Å². The Balaban J connectivity index is 1.60. The topological polar surface area (TPSA) is 58.2 Å². The van der Waals surface area contributed by atoms with Crippen molar-refractivity contribution >= 4 is 46.7 Å². The quantitative estimate of drug-likeness (QED) is 0.746. The summed E-state index contributed by atoms with van der Waals surface area (Å²) in [7, 11) is 0. The highest BCUT2D eigenvalue weighted by Crippen LogP contribution is 2.34. The maximum atomic E-state index is 12.7. The van der Waals surface area contributed by atoms with E-state index in [-0.39, 0.29) is 17.6 Å². The zero-order valence-electron chi connectivity index (χ0n) is 13.2. The van der Waals surface area contributed by atoms with Crippen LogP contribution in [0.5, 0.6) is 0 Å². The van der Waals surface area contributed by atoms with Crippen molar-refractivity contribution in [3.8, 4) is 0 Å². The maximum absolute atomic E-state index is 12.7. The number of fused-ring (bicyclic) bond motifs is 1. The molecule has 136 valence electrons. The van der Waals surface area contributed by atoms with Crippen LogP contribution in [0, 0.1) is 0 Å². The average molecular weight is 398 g/mol. The number of halogens is 3. The number of anilines is 2. The maximum Gasteiger partial charge on any atom is 0.416 e. The van der Waals surface area contributed by atoms with Gasteiger partial charge in [0.25, 0.3) is 0 Å². The second-order valence-electron chi connectivity index (χ2n) is 5.41. The molecule has 2 amide bonds. The summed E-state index contributed by atoms with van der Waals surface area (Å²) >= 11 is 2.44. The molecule has 1 aliphatic heterocycles. The van der Waals surface area contributed by atoms with Gasteiger partial charge in [-0.2, -0.15) is 13.2 Å². The Bertz CT molecular complexity index is 856. The lowest BCUT2D eigenvalue weighted by atomic mass is 10.2. The first-order valence-electron chi connectivity index (χ1n) is 7.48. The van der Waals surface area contributed by atoms with Crippen molar-refractivity contribution in [2.45, 2.75) is 16.0 Å². The van der Waals surface area contributed by atoms with Crippen molar-refractivity contribution < 1.29 is 22.8 Å². The molecule has 0 fully saturated rings. The van der Waals surface area contributed by atoms with Gasteiger partial charge in [-0.25, -0.2) is 0 Å². The molecule has 9 heteroatoms. The van der Waals surface area contributed by atoms with Crippen LogP contribution in [0.2, 0.25) is 0 Å². The van der Waals surface area contributed by atoms with Crippen molar-refractivity contribution in [1.82, 2.24) is 0 Å². The summed E-state index contributed by atoms with van der Waals surface area (Å²) in [5, 5.41) is 5.41. The molecule has 0 saturated carbocycles. The third-order valence-corrected chi connectivity index (χ3v) is 5.49. The van der Waals surface area contributed by atoms with Gasteiger partial charge >= 0.3 is 6.18 Å². The van der Waals surface area contributed by atoms with E-state index in [1.807, 2.05) is 0 Å². The van der Waals surface area contributed by atoms with Crippen LogP contribution >= 0.6 is 23.5 Å². The van der Waals surface area contributed by atoms with E-state index in [2.05, 4.69) is 10.6 Å². The van der Waals surface area contributed by atoms with Gasteiger partial charge < -0.3 is 10.6 Å². The monoisotopic (exact) mass is 398 g/mol. The second kappa shape index (κ2) is 7.63. The lowest BCUT2D eigenvalue weighted by molar-refractivity contribution is -0.137. The molecule has 0 aromatic heterocycles. The SMILES string of the molecule is O=C(CSc1cccc(C(F)(F)F)c1)Nc1ccc2c(c1)NC(=O)CS2. The third-order valence-electron chi connectivity index (χ3n) is 3.43. The zero-order chi connectivity index (χ0) is 18.7. The molecule has 1 aliphatic rings. The molecule has 0 bridgehead atoms. The molecule has 2 N–H and O–H groups in total. The van der Waals surface area contributed by atoms with E-state index in [4.69, 9.17) is 0 Å². The fraction of sp³-hybridized carbons (Fsp3) is 0.176. The summed E-state index contributed by atoms with van der Waals surface area (Å²) in [6, 6.07) is 10.0. The van der Waals surface area contributed by atoms with Gasteiger partial charge in [0.15, 0.2) is 0 Å². The predicted molar refractivity (Wildman–Crippen MR) is 96.6 cm³/mol. The molecule has 4 nitrogen and oxygen atoms in total. The molecule has 0 aliphatic carbocycles. The summed E-state index contributed by atoms with van der Waals surface area (Å²) in [6.45, 7) is 0. The predicted octanol–water partition coefficient (Wildman–Crippen LogP) is 4.48. The number of thioether (sulfide) groups is 2. The Labute approximate surface area is 155 Å². The van der Waals surface area contributed by atoms with Crippen LogP contribution in [-0.2, 0) is 15.8 Å². The smallest absolute Gasteiger partial charge is 0.325 e. The zero-order valence-corrected chi connectivity index (χ0v) is 14.9. The largest absolute Gasteiger partial charge is 0.416 e. The Morgan fingerprint density at radius 1 is 1.23 bits per heavy atom. The van der Waals surface area contributed by atoms with Crippen LogP contribution in [0.4, 0.5) is 24.5 Å². The molecule has 1 heterocycles. The standard InChI is InChI=1S/C17H13F3N2O2S2/c18-17(19,20)10-2-1-3-12(6-10)25-8-15(23)21-11-4-5-14-13(7-11)22-16(24)9-26-14/h1-7H,8-9H2,(H,21,23)(H,22,24). The summed E-state index contributed by atoms with van der Waals surface area (Å²) in [4.78, 5) is 24.7. The molecular weight excluding hydrogens is 385 g/mol. The van der Waals surface area contributed by atoms with E-state index < -0.39 is 11.7 Å². The molecule has 0 saturated heterocycles. The van der Waals surface area contributed by atoms with Gasteiger partial charge in [-0.05, 0) is 36.4 Å². The number of alkyl halides is 3. The van der Waals surface area contributed by atoms with Crippen LogP contribution in [0.25, 0.3) is 0 Å². The van der Waals surface area contributed by atoms with Crippen molar-refractivity contribution in [1.29, 1.82) is 0 Å². The van der Waals surface area contributed by atoms with Crippen molar-refractivity contribution in [2.75, 3.05) is 22.1 Å². The van der Waals surface area contributed by atoms with Gasteiger partial charge in [0.1, 0.15) is 0 Å². The van der Waals surface area contributed by atoms with Crippen LogP contribution in [-0.4, -0.2) is 23.3 Å². The Hall–Kier alpha value is -2.13. The van der Waals surface area contributed by atoms with Gasteiger partial charge in [-0.3, -0.25) is 9.59 Å². The summed E-state index contributed by atoms with van der Waals surface area (Å²) in [5.41, 5.74) is 0.404. The normalized spacial score (nSPS) is 13.7. The minimum atomic E-state index is -4.41. The minimum Gasteiger partial charge on any atom is -0.325 e. The molecule has 2 aromatic rings. The molecule has 26 heavy (non-hydrogen) atoms. The van der Waals surface area contributed by atoms with E-state index in [9.17, 15) is 22.8 Å². The van der Waals surface area contributed by atoms with Gasteiger partial charge in [0.05, 0.1) is 22.8 Å². The van der Waals surface area contributed by atoms with Gasteiger partial charge in [-0.15, -0.1) is 23.5 Å². The Kier molecular flexibility index (Phi) is 5.47. The van der Waals surface area contributed by atoms with E-state index in [0.717, 1.165) is 28.8 Å².